The fraction of sp³-hybridized carbons (Fsp3) is 0.429. The third kappa shape index (κ3) is 1.80. The van der Waals surface area contributed by atoms with Crippen LogP contribution in [0.2, 0.25) is 0 Å². The highest BCUT2D eigenvalue weighted by atomic mass is 16.1. The maximum atomic E-state index is 11.0. The lowest BCUT2D eigenvalue weighted by atomic mass is 10.2. The van der Waals surface area contributed by atoms with Gasteiger partial charge in [0, 0.05) is 5.56 Å². The zero-order valence-corrected chi connectivity index (χ0v) is 6.42. The van der Waals surface area contributed by atoms with Crippen molar-refractivity contribution in [3.8, 4) is 0 Å². The number of rotatable bonds is 2. The first-order valence-corrected chi connectivity index (χ1v) is 3.58. The largest absolute Gasteiger partial charge is 0.382 e. The molecule has 0 radical (unpaired) electrons. The quantitative estimate of drug-likeness (QED) is 0.642. The van der Waals surface area contributed by atoms with Gasteiger partial charge in [0.2, 0.25) is 0 Å². The third-order valence-corrected chi connectivity index (χ3v) is 1.42. The zero-order valence-electron chi connectivity index (χ0n) is 6.42. The molecule has 0 bridgehead atoms. The minimum absolute atomic E-state index is 0.138. The lowest BCUT2D eigenvalue weighted by Crippen LogP contribution is -2.14. The van der Waals surface area contributed by atoms with Gasteiger partial charge in [0.15, 0.2) is 0 Å². The number of aromatic amines is 1. The van der Waals surface area contributed by atoms with Crippen molar-refractivity contribution in [3.05, 3.63) is 22.0 Å². The second kappa shape index (κ2) is 3.18. The molecule has 60 valence electrons. The molecule has 0 atom stereocenters. The van der Waals surface area contributed by atoms with E-state index in [-0.39, 0.29) is 5.56 Å². The molecule has 0 amide bonds. The van der Waals surface area contributed by atoms with E-state index in [0.29, 0.717) is 11.4 Å². The van der Waals surface area contributed by atoms with Gasteiger partial charge in [-0.2, -0.15) is 5.10 Å². The summed E-state index contributed by atoms with van der Waals surface area (Å²) in [7, 11) is 0. The summed E-state index contributed by atoms with van der Waals surface area (Å²) >= 11 is 0. The maximum Gasteiger partial charge on any atom is 0.267 e. The van der Waals surface area contributed by atoms with Gasteiger partial charge in [-0.05, 0) is 12.5 Å². The van der Waals surface area contributed by atoms with E-state index in [1.54, 1.807) is 6.07 Å². The van der Waals surface area contributed by atoms with E-state index in [0.717, 1.165) is 12.8 Å². The maximum absolute atomic E-state index is 11.0. The second-order valence-electron chi connectivity index (χ2n) is 2.40. The number of nitrogens with zero attached hydrogens (tertiary/aromatic N) is 1. The number of aryl methyl sites for hydroxylation is 1. The molecule has 0 saturated heterocycles. The van der Waals surface area contributed by atoms with Crippen LogP contribution in [-0.4, -0.2) is 10.2 Å². The second-order valence-corrected chi connectivity index (χ2v) is 2.40. The number of nitrogen functional groups attached to an aromatic ring is 1. The summed E-state index contributed by atoms with van der Waals surface area (Å²) in [5.74, 6) is 0.369. The average molecular weight is 153 g/mol. The van der Waals surface area contributed by atoms with Gasteiger partial charge >= 0.3 is 0 Å². The summed E-state index contributed by atoms with van der Waals surface area (Å²) in [4.78, 5) is 11.0. The molecule has 1 aromatic rings. The average Bonchev–Trinajstić information content (AvgIpc) is 1.98. The molecule has 1 heterocycles. The van der Waals surface area contributed by atoms with E-state index in [2.05, 4.69) is 10.2 Å². The molecule has 0 fully saturated rings. The molecule has 0 aliphatic rings. The van der Waals surface area contributed by atoms with E-state index < -0.39 is 0 Å². The summed E-state index contributed by atoms with van der Waals surface area (Å²) in [5, 5.41) is 5.88. The van der Waals surface area contributed by atoms with Crippen LogP contribution in [0.1, 0.15) is 18.9 Å². The van der Waals surface area contributed by atoms with Crippen molar-refractivity contribution in [3.63, 3.8) is 0 Å². The third-order valence-electron chi connectivity index (χ3n) is 1.42. The predicted molar refractivity (Wildman–Crippen MR) is 43.3 cm³/mol. The number of hydrogen-bond donors (Lipinski definition) is 2. The van der Waals surface area contributed by atoms with Crippen LogP contribution in [0.4, 0.5) is 5.82 Å². The first-order valence-electron chi connectivity index (χ1n) is 3.58. The molecule has 4 heteroatoms. The van der Waals surface area contributed by atoms with E-state index >= 15 is 0 Å². The molecule has 1 aromatic heterocycles. The highest BCUT2D eigenvalue weighted by Gasteiger charge is 1.98. The van der Waals surface area contributed by atoms with E-state index in [1.807, 2.05) is 6.92 Å². The lowest BCUT2D eigenvalue weighted by molar-refractivity contribution is 0.873. The highest BCUT2D eigenvalue weighted by molar-refractivity contribution is 5.29. The van der Waals surface area contributed by atoms with Gasteiger partial charge in [-0.1, -0.05) is 13.3 Å². The Kier molecular flexibility index (Phi) is 2.25. The molecule has 4 nitrogen and oxygen atoms in total. The normalized spacial score (nSPS) is 9.91. The predicted octanol–water partition coefficient (Wildman–Crippen LogP) is 0.305. The van der Waals surface area contributed by atoms with Crippen LogP contribution < -0.4 is 11.3 Å². The van der Waals surface area contributed by atoms with Crippen LogP contribution in [-0.2, 0) is 6.42 Å². The Bertz CT molecular complexity index is 292. The molecular formula is C7H11N3O. The molecule has 0 aliphatic heterocycles. The van der Waals surface area contributed by atoms with E-state index in [1.165, 1.54) is 0 Å². The van der Waals surface area contributed by atoms with Gasteiger partial charge in [-0.15, -0.1) is 0 Å². The van der Waals surface area contributed by atoms with Crippen LogP contribution in [0.5, 0.6) is 0 Å². The van der Waals surface area contributed by atoms with Crippen molar-refractivity contribution in [2.75, 3.05) is 5.73 Å². The van der Waals surface area contributed by atoms with Crippen molar-refractivity contribution < 1.29 is 0 Å². The fourth-order valence-corrected chi connectivity index (χ4v) is 0.918. The number of hydrogen-bond acceptors (Lipinski definition) is 3. The number of nitrogens with one attached hydrogen (secondary N) is 1. The molecule has 0 saturated carbocycles. The Hall–Kier alpha value is -1.32. The molecule has 3 N–H and O–H groups in total. The minimum Gasteiger partial charge on any atom is -0.382 e. The zero-order chi connectivity index (χ0) is 8.27. The van der Waals surface area contributed by atoms with Gasteiger partial charge in [-0.25, -0.2) is 5.10 Å². The molecule has 0 unspecified atom stereocenters. The highest BCUT2D eigenvalue weighted by Crippen LogP contribution is 1.98. The molecule has 0 aromatic carbocycles. The van der Waals surface area contributed by atoms with Gasteiger partial charge in [0.25, 0.3) is 5.56 Å². The molecule has 11 heavy (non-hydrogen) atoms. The van der Waals surface area contributed by atoms with Crippen molar-refractivity contribution in [2.24, 2.45) is 0 Å². The monoisotopic (exact) mass is 153 g/mol. The van der Waals surface area contributed by atoms with Gasteiger partial charge in [0.1, 0.15) is 5.82 Å². The van der Waals surface area contributed by atoms with Crippen LogP contribution in [0.25, 0.3) is 0 Å². The van der Waals surface area contributed by atoms with Crippen LogP contribution in [0.3, 0.4) is 0 Å². The Balaban J connectivity index is 3.03. The Morgan fingerprint density at radius 1 is 1.73 bits per heavy atom. The van der Waals surface area contributed by atoms with Gasteiger partial charge < -0.3 is 5.73 Å². The number of anilines is 1. The molecular weight excluding hydrogens is 142 g/mol. The van der Waals surface area contributed by atoms with Crippen LogP contribution >= 0.6 is 0 Å². The summed E-state index contributed by atoms with van der Waals surface area (Å²) in [5.41, 5.74) is 5.95. The van der Waals surface area contributed by atoms with Crippen molar-refractivity contribution in [1.29, 1.82) is 0 Å². The Morgan fingerprint density at radius 3 is 3.09 bits per heavy atom. The number of nitrogens with two attached hydrogens (primary N) is 1. The molecule has 0 aliphatic carbocycles. The van der Waals surface area contributed by atoms with E-state index in [9.17, 15) is 4.79 Å². The van der Waals surface area contributed by atoms with Crippen molar-refractivity contribution in [2.45, 2.75) is 19.8 Å². The fourth-order valence-electron chi connectivity index (χ4n) is 0.918. The van der Waals surface area contributed by atoms with Crippen LogP contribution in [0, 0.1) is 0 Å². The molecule has 0 spiro atoms. The number of H-pyrrole nitrogens is 1. The standard InChI is InChI=1S/C7H11N3O/c1-2-3-5-4-6(8)9-10-7(5)11/h4H,2-3H2,1H3,(H2,8,9)(H,10,11). The topological polar surface area (TPSA) is 71.8 Å². The van der Waals surface area contributed by atoms with Gasteiger partial charge in [0.05, 0.1) is 0 Å². The Morgan fingerprint density at radius 2 is 2.45 bits per heavy atom. The van der Waals surface area contributed by atoms with Crippen LogP contribution in [0.15, 0.2) is 10.9 Å². The first-order chi connectivity index (χ1) is 5.24. The summed E-state index contributed by atoms with van der Waals surface area (Å²) in [6, 6.07) is 1.61. The summed E-state index contributed by atoms with van der Waals surface area (Å²) < 4.78 is 0. The van der Waals surface area contributed by atoms with E-state index in [4.69, 9.17) is 5.73 Å². The van der Waals surface area contributed by atoms with Crippen molar-refractivity contribution in [1.82, 2.24) is 10.2 Å². The SMILES string of the molecule is CCCc1cc(N)n[nH]c1=O. The minimum atomic E-state index is -0.138. The lowest BCUT2D eigenvalue weighted by Gasteiger charge is -1.96. The number of aromatic nitrogens is 2. The summed E-state index contributed by atoms with van der Waals surface area (Å²) in [6.45, 7) is 2.01. The smallest absolute Gasteiger partial charge is 0.267 e. The molecule has 1 rings (SSSR count). The van der Waals surface area contributed by atoms with Gasteiger partial charge in [-0.3, -0.25) is 4.79 Å². The van der Waals surface area contributed by atoms with Crippen molar-refractivity contribution >= 4 is 5.82 Å². The Labute approximate surface area is 64.4 Å². The summed E-state index contributed by atoms with van der Waals surface area (Å²) in [6.07, 6.45) is 1.69. The first kappa shape index (κ1) is 7.78.